The van der Waals surface area contributed by atoms with E-state index in [4.69, 9.17) is 4.98 Å². The van der Waals surface area contributed by atoms with E-state index in [1.807, 2.05) is 47.0 Å². The lowest BCUT2D eigenvalue weighted by Crippen LogP contribution is -2.00. The van der Waals surface area contributed by atoms with Crippen LogP contribution < -0.4 is 0 Å². The Hall–Kier alpha value is -4.06. The summed E-state index contributed by atoms with van der Waals surface area (Å²) in [7, 11) is 0. The van der Waals surface area contributed by atoms with E-state index in [-0.39, 0.29) is 23.3 Å². The molecule has 3 aromatic carbocycles. The van der Waals surface area contributed by atoms with Gasteiger partial charge >= 0.3 is 0 Å². The van der Waals surface area contributed by atoms with Gasteiger partial charge in [0.1, 0.15) is 17.2 Å². The van der Waals surface area contributed by atoms with Gasteiger partial charge in [-0.05, 0) is 64.9 Å². The minimum absolute atomic E-state index is 0.0238. The second-order valence-electron chi connectivity index (χ2n) is 9.29. The lowest BCUT2D eigenvalue weighted by molar-refractivity contribution is 0.451. The van der Waals surface area contributed by atoms with Crippen molar-refractivity contribution in [2.75, 3.05) is 0 Å². The van der Waals surface area contributed by atoms with Crippen LogP contribution in [0.3, 0.4) is 0 Å². The van der Waals surface area contributed by atoms with Gasteiger partial charge in [0, 0.05) is 23.4 Å². The van der Waals surface area contributed by atoms with Crippen molar-refractivity contribution in [3.63, 3.8) is 0 Å². The number of phenols is 3. The molecule has 3 N–H and O–H groups in total. The van der Waals surface area contributed by atoms with Crippen LogP contribution in [0.4, 0.5) is 0 Å². The average Bonchev–Trinajstić information content (AvgIpc) is 3.15. The van der Waals surface area contributed by atoms with Crippen molar-refractivity contribution in [1.29, 1.82) is 0 Å². The van der Waals surface area contributed by atoms with E-state index in [1.54, 1.807) is 6.07 Å². The number of nitrogens with zero attached hydrogens (tertiary/aromatic N) is 3. The van der Waals surface area contributed by atoms with E-state index in [1.165, 1.54) is 12.1 Å². The molecule has 0 aliphatic rings. The van der Waals surface area contributed by atoms with Gasteiger partial charge in [0.25, 0.3) is 0 Å². The Morgan fingerprint density at radius 3 is 2.09 bits per heavy atom. The summed E-state index contributed by atoms with van der Waals surface area (Å²) >= 11 is 0. The molecule has 0 fully saturated rings. The van der Waals surface area contributed by atoms with E-state index in [0.29, 0.717) is 22.8 Å². The van der Waals surface area contributed by atoms with Crippen LogP contribution in [0.15, 0.2) is 60.8 Å². The second kappa shape index (κ2) is 8.06. The summed E-state index contributed by atoms with van der Waals surface area (Å²) in [4.78, 5) is 9.54. The normalized spacial score (nSPS) is 11.8. The molecule has 0 saturated heterocycles. The molecule has 34 heavy (non-hydrogen) atoms. The van der Waals surface area contributed by atoms with Crippen LogP contribution in [0.25, 0.3) is 39.2 Å². The van der Waals surface area contributed by atoms with Gasteiger partial charge in [0.15, 0.2) is 0 Å². The van der Waals surface area contributed by atoms with E-state index in [2.05, 4.69) is 32.7 Å². The number of hydrogen-bond acceptors (Lipinski definition) is 5. The summed E-state index contributed by atoms with van der Waals surface area (Å²) < 4.78 is 1.95. The quantitative estimate of drug-likeness (QED) is 0.286. The van der Waals surface area contributed by atoms with Gasteiger partial charge in [-0.25, -0.2) is 9.97 Å². The Morgan fingerprint density at radius 1 is 0.765 bits per heavy atom. The lowest BCUT2D eigenvalue weighted by atomic mass is 9.88. The van der Waals surface area contributed by atoms with Gasteiger partial charge in [0.05, 0.1) is 16.7 Å². The molecule has 0 saturated carbocycles. The molecule has 0 aliphatic heterocycles. The first-order valence-electron chi connectivity index (χ1n) is 11.4. The summed E-state index contributed by atoms with van der Waals surface area (Å²) in [5.74, 6) is 0.983. The first-order valence-corrected chi connectivity index (χ1v) is 11.4. The van der Waals surface area contributed by atoms with Crippen molar-refractivity contribution in [3.05, 3.63) is 71.9 Å². The fourth-order valence-corrected chi connectivity index (χ4v) is 4.44. The highest BCUT2D eigenvalue weighted by Gasteiger charge is 2.21. The molecule has 2 heterocycles. The minimum atomic E-state index is -0.0684. The van der Waals surface area contributed by atoms with Crippen molar-refractivity contribution in [2.24, 2.45) is 0 Å². The molecule has 0 bridgehead atoms. The predicted octanol–water partition coefficient (Wildman–Crippen LogP) is 6.58. The number of rotatable bonds is 4. The summed E-state index contributed by atoms with van der Waals surface area (Å²) in [6.07, 6.45) is 1.99. The molecule has 6 nitrogen and oxygen atoms in total. The van der Waals surface area contributed by atoms with Crippen molar-refractivity contribution < 1.29 is 15.3 Å². The standard InChI is InChI=1S/C28H27N3O3/c1-15(2)20-11-17(12-21(16(3)4)27(20)34)22-14-31-24-8-6-5-7-23(24)29-28(31)30-26(22)19-10-9-18(32)13-25(19)33/h5-16,32-34H,1-4H3. The maximum atomic E-state index is 10.9. The number of para-hydroxylation sites is 2. The number of fused-ring (bicyclic) bond motifs is 3. The van der Waals surface area contributed by atoms with Crippen molar-refractivity contribution in [2.45, 2.75) is 39.5 Å². The van der Waals surface area contributed by atoms with E-state index >= 15 is 0 Å². The molecular weight excluding hydrogens is 426 g/mol. The molecule has 0 radical (unpaired) electrons. The molecule has 5 rings (SSSR count). The third-order valence-corrected chi connectivity index (χ3v) is 6.26. The van der Waals surface area contributed by atoms with Gasteiger partial charge < -0.3 is 15.3 Å². The zero-order chi connectivity index (χ0) is 24.1. The van der Waals surface area contributed by atoms with Crippen molar-refractivity contribution >= 4 is 16.8 Å². The van der Waals surface area contributed by atoms with Gasteiger partial charge in [-0.2, -0.15) is 0 Å². The number of phenolic OH excluding ortho intramolecular Hbond substituents is 3. The summed E-state index contributed by atoms with van der Waals surface area (Å²) in [6, 6.07) is 16.3. The van der Waals surface area contributed by atoms with Crippen molar-refractivity contribution in [1.82, 2.24) is 14.4 Å². The number of imidazole rings is 1. The molecule has 6 heteroatoms. The van der Waals surface area contributed by atoms with Crippen LogP contribution in [-0.2, 0) is 0 Å². The van der Waals surface area contributed by atoms with Crippen LogP contribution >= 0.6 is 0 Å². The van der Waals surface area contributed by atoms with Gasteiger partial charge in [0.2, 0.25) is 5.78 Å². The summed E-state index contributed by atoms with van der Waals surface area (Å²) in [5, 5.41) is 31.5. The van der Waals surface area contributed by atoms with Gasteiger partial charge in [-0.3, -0.25) is 4.40 Å². The molecule has 0 spiro atoms. The first kappa shape index (κ1) is 21.8. The number of aromatic nitrogens is 3. The van der Waals surface area contributed by atoms with E-state index < -0.39 is 0 Å². The molecule has 0 amide bonds. The second-order valence-corrected chi connectivity index (χ2v) is 9.29. The molecule has 172 valence electrons. The van der Waals surface area contributed by atoms with Crippen LogP contribution in [0.1, 0.15) is 50.7 Å². The van der Waals surface area contributed by atoms with Gasteiger partial charge in [-0.1, -0.05) is 39.8 Å². The highest BCUT2D eigenvalue weighted by atomic mass is 16.3. The molecular formula is C28H27N3O3. The maximum Gasteiger partial charge on any atom is 0.235 e. The van der Waals surface area contributed by atoms with Crippen LogP contribution in [-0.4, -0.2) is 29.7 Å². The largest absolute Gasteiger partial charge is 0.508 e. The van der Waals surface area contributed by atoms with E-state index in [0.717, 1.165) is 33.3 Å². The number of hydrogen-bond donors (Lipinski definition) is 3. The number of aromatic hydroxyl groups is 3. The Bertz CT molecular complexity index is 1520. The van der Waals surface area contributed by atoms with Crippen molar-refractivity contribution in [3.8, 4) is 39.6 Å². The first-order chi connectivity index (χ1) is 16.2. The minimum Gasteiger partial charge on any atom is -0.508 e. The van der Waals surface area contributed by atoms with Crippen LogP contribution in [0.2, 0.25) is 0 Å². The number of benzene rings is 3. The third-order valence-electron chi connectivity index (χ3n) is 6.26. The monoisotopic (exact) mass is 453 g/mol. The zero-order valence-electron chi connectivity index (χ0n) is 19.6. The van der Waals surface area contributed by atoms with Crippen LogP contribution in [0, 0.1) is 0 Å². The molecule has 5 aromatic rings. The van der Waals surface area contributed by atoms with Gasteiger partial charge in [-0.15, -0.1) is 0 Å². The average molecular weight is 454 g/mol. The summed E-state index contributed by atoms with van der Waals surface area (Å²) in [6.45, 7) is 8.22. The molecule has 0 unspecified atom stereocenters. The van der Waals surface area contributed by atoms with E-state index in [9.17, 15) is 15.3 Å². The topological polar surface area (TPSA) is 90.9 Å². The highest BCUT2D eigenvalue weighted by molar-refractivity contribution is 5.88. The SMILES string of the molecule is CC(C)c1cc(-c2cn3c(nc2-c2ccc(O)cc2O)nc2ccccc23)cc(C(C)C)c1O. The fourth-order valence-electron chi connectivity index (χ4n) is 4.44. The Kier molecular flexibility index (Phi) is 5.16. The van der Waals surface area contributed by atoms with Crippen LogP contribution in [0.5, 0.6) is 17.2 Å². The predicted molar refractivity (Wildman–Crippen MR) is 135 cm³/mol. The Balaban J connectivity index is 1.89. The summed E-state index contributed by atoms with van der Waals surface area (Å²) in [5.41, 5.74) is 6.20. The molecule has 0 aliphatic carbocycles. The highest BCUT2D eigenvalue weighted by Crippen LogP contribution is 2.42. The molecule has 0 atom stereocenters. The fraction of sp³-hybridized carbons (Fsp3) is 0.214. The maximum absolute atomic E-state index is 10.9. The lowest BCUT2D eigenvalue weighted by Gasteiger charge is -2.19. The molecule has 2 aromatic heterocycles. The smallest absolute Gasteiger partial charge is 0.235 e. The Morgan fingerprint density at radius 2 is 1.44 bits per heavy atom. The zero-order valence-corrected chi connectivity index (χ0v) is 19.6. The Labute approximate surface area is 197 Å². The third kappa shape index (κ3) is 3.52.